The van der Waals surface area contributed by atoms with Crippen molar-refractivity contribution >= 4 is 6.08 Å². The second-order valence-corrected chi connectivity index (χ2v) is 5.29. The van der Waals surface area contributed by atoms with Gasteiger partial charge in [-0.1, -0.05) is 24.3 Å². The third kappa shape index (κ3) is 3.70. The van der Waals surface area contributed by atoms with Crippen LogP contribution in [-0.4, -0.2) is 19.6 Å². The lowest BCUT2D eigenvalue weighted by Gasteiger charge is -2.25. The zero-order valence-corrected chi connectivity index (χ0v) is 12.4. The zero-order chi connectivity index (χ0) is 16.1. The van der Waals surface area contributed by atoms with E-state index in [9.17, 15) is 9.50 Å². The van der Waals surface area contributed by atoms with Crippen molar-refractivity contribution in [1.29, 1.82) is 0 Å². The predicted molar refractivity (Wildman–Crippen MR) is 85.8 cm³/mol. The lowest BCUT2D eigenvalue weighted by Crippen LogP contribution is -2.28. The topological polar surface area (TPSA) is 50.9 Å². The molecular weight excluding hydrogens is 293 g/mol. The minimum Gasteiger partial charge on any atom is -0.379 e. The van der Waals surface area contributed by atoms with Gasteiger partial charge in [0.05, 0.1) is 12.9 Å². The molecular formula is C18H16FN3O. The summed E-state index contributed by atoms with van der Waals surface area (Å²) in [5.41, 5.74) is 0.231. The van der Waals surface area contributed by atoms with Crippen LogP contribution in [0.2, 0.25) is 0 Å². The van der Waals surface area contributed by atoms with Crippen LogP contribution in [0.5, 0.6) is 0 Å². The molecule has 0 aliphatic heterocycles. The maximum absolute atomic E-state index is 13.0. The Kier molecular flexibility index (Phi) is 4.30. The highest BCUT2D eigenvalue weighted by Gasteiger charge is 2.27. The lowest BCUT2D eigenvalue weighted by atomic mass is 9.93. The van der Waals surface area contributed by atoms with Gasteiger partial charge in [0.1, 0.15) is 11.4 Å². The molecule has 0 aliphatic carbocycles. The highest BCUT2D eigenvalue weighted by Crippen LogP contribution is 2.25. The summed E-state index contributed by atoms with van der Waals surface area (Å²) >= 11 is 0. The first-order chi connectivity index (χ1) is 11.2. The molecule has 1 aromatic carbocycles. The normalized spacial score (nSPS) is 14.0. The number of aromatic nitrogens is 3. The predicted octanol–water partition coefficient (Wildman–Crippen LogP) is 3.02. The Morgan fingerprint density at radius 2 is 1.96 bits per heavy atom. The number of aliphatic hydroxyl groups is 1. The fourth-order valence-electron chi connectivity index (χ4n) is 2.33. The van der Waals surface area contributed by atoms with Crippen LogP contribution in [0.25, 0.3) is 6.08 Å². The molecule has 4 nitrogen and oxygen atoms in total. The van der Waals surface area contributed by atoms with E-state index in [1.165, 1.54) is 12.1 Å². The molecule has 3 aromatic rings. The number of hydrogen-bond donors (Lipinski definition) is 1. The summed E-state index contributed by atoms with van der Waals surface area (Å²) in [6.07, 6.45) is 11.8. The summed E-state index contributed by atoms with van der Waals surface area (Å²) in [5.74, 6) is -0.289. The van der Waals surface area contributed by atoms with Gasteiger partial charge in [0.25, 0.3) is 0 Å². The summed E-state index contributed by atoms with van der Waals surface area (Å²) in [6.45, 7) is 0.302. The molecule has 1 N–H and O–H groups in total. The van der Waals surface area contributed by atoms with Crippen molar-refractivity contribution in [2.45, 2.75) is 12.1 Å². The van der Waals surface area contributed by atoms with Crippen molar-refractivity contribution in [3.63, 3.8) is 0 Å². The average molecular weight is 309 g/mol. The molecule has 0 saturated heterocycles. The molecule has 1 atom stereocenters. The van der Waals surface area contributed by atoms with E-state index in [1.54, 1.807) is 66.0 Å². The Balaban J connectivity index is 1.93. The van der Waals surface area contributed by atoms with Gasteiger partial charge >= 0.3 is 0 Å². The number of hydrogen-bond acceptors (Lipinski definition) is 3. The Hall–Kier alpha value is -2.79. The quantitative estimate of drug-likeness (QED) is 0.788. The third-order valence-electron chi connectivity index (χ3n) is 3.57. The Morgan fingerprint density at radius 1 is 1.13 bits per heavy atom. The van der Waals surface area contributed by atoms with E-state index in [0.717, 1.165) is 5.56 Å². The Bertz CT molecular complexity index is 770. The monoisotopic (exact) mass is 309 g/mol. The van der Waals surface area contributed by atoms with Gasteiger partial charge in [0, 0.05) is 30.4 Å². The number of rotatable bonds is 5. The molecule has 0 fully saturated rings. The standard InChI is InChI=1S/C18H16FN3O/c19-17-5-3-15(4-6-17)7-8-18(23,13-22-11-10-21-14-22)16-2-1-9-20-12-16/h1-12,14,23H,13H2/b8-7+/t18-/m0/s1. The molecule has 3 rings (SSSR count). The van der Waals surface area contributed by atoms with Gasteiger partial charge in [-0.25, -0.2) is 9.37 Å². The first-order valence-corrected chi connectivity index (χ1v) is 7.19. The number of benzene rings is 1. The summed E-state index contributed by atoms with van der Waals surface area (Å²) in [6, 6.07) is 9.69. The van der Waals surface area contributed by atoms with E-state index in [2.05, 4.69) is 9.97 Å². The molecule has 0 spiro atoms. The Morgan fingerprint density at radius 3 is 2.61 bits per heavy atom. The molecule has 0 bridgehead atoms. The van der Waals surface area contributed by atoms with E-state index in [-0.39, 0.29) is 5.82 Å². The van der Waals surface area contributed by atoms with Crippen LogP contribution < -0.4 is 0 Å². The van der Waals surface area contributed by atoms with Gasteiger partial charge in [-0.2, -0.15) is 0 Å². The highest BCUT2D eigenvalue weighted by atomic mass is 19.1. The van der Waals surface area contributed by atoms with Crippen LogP contribution in [0.15, 0.2) is 73.6 Å². The number of imidazole rings is 1. The zero-order valence-electron chi connectivity index (χ0n) is 12.4. The van der Waals surface area contributed by atoms with Gasteiger partial charge in [0.15, 0.2) is 0 Å². The third-order valence-corrected chi connectivity index (χ3v) is 3.57. The minimum atomic E-state index is -1.25. The van der Waals surface area contributed by atoms with Gasteiger partial charge in [-0.05, 0) is 29.8 Å². The summed E-state index contributed by atoms with van der Waals surface area (Å²) in [5, 5.41) is 11.1. The number of nitrogens with zero attached hydrogens (tertiary/aromatic N) is 3. The first kappa shape index (κ1) is 15.1. The SMILES string of the molecule is O[C@@](/C=C/c1ccc(F)cc1)(Cn1ccnc1)c1cccnc1. The fraction of sp³-hybridized carbons (Fsp3) is 0.111. The summed E-state index contributed by atoms with van der Waals surface area (Å²) in [7, 11) is 0. The van der Waals surface area contributed by atoms with Gasteiger partial charge in [-0.15, -0.1) is 0 Å². The maximum Gasteiger partial charge on any atom is 0.127 e. The smallest absolute Gasteiger partial charge is 0.127 e. The summed E-state index contributed by atoms with van der Waals surface area (Å²) < 4.78 is 14.8. The van der Waals surface area contributed by atoms with E-state index in [1.807, 2.05) is 6.07 Å². The summed E-state index contributed by atoms with van der Waals surface area (Å²) in [4.78, 5) is 8.08. The molecule has 0 saturated carbocycles. The molecule has 5 heteroatoms. The minimum absolute atomic E-state index is 0.289. The van der Waals surface area contributed by atoms with Gasteiger partial charge in [-0.3, -0.25) is 4.98 Å². The van der Waals surface area contributed by atoms with Gasteiger partial charge in [0.2, 0.25) is 0 Å². The van der Waals surface area contributed by atoms with Crippen LogP contribution in [0.3, 0.4) is 0 Å². The largest absolute Gasteiger partial charge is 0.379 e. The lowest BCUT2D eigenvalue weighted by molar-refractivity contribution is 0.0701. The molecule has 2 heterocycles. The second-order valence-electron chi connectivity index (χ2n) is 5.29. The van der Waals surface area contributed by atoms with Crippen molar-refractivity contribution in [2.24, 2.45) is 0 Å². The molecule has 0 aliphatic rings. The number of halogens is 1. The van der Waals surface area contributed by atoms with Crippen molar-refractivity contribution in [1.82, 2.24) is 14.5 Å². The first-order valence-electron chi connectivity index (χ1n) is 7.19. The van der Waals surface area contributed by atoms with Crippen LogP contribution in [0.4, 0.5) is 4.39 Å². The van der Waals surface area contributed by atoms with Gasteiger partial charge < -0.3 is 9.67 Å². The van der Waals surface area contributed by atoms with Crippen molar-refractivity contribution < 1.29 is 9.50 Å². The molecule has 0 radical (unpaired) electrons. The second kappa shape index (κ2) is 6.54. The van der Waals surface area contributed by atoms with Crippen molar-refractivity contribution in [3.8, 4) is 0 Å². The number of pyridine rings is 1. The molecule has 0 amide bonds. The molecule has 116 valence electrons. The fourth-order valence-corrected chi connectivity index (χ4v) is 2.33. The van der Waals surface area contributed by atoms with Crippen LogP contribution >= 0.6 is 0 Å². The van der Waals surface area contributed by atoms with Crippen molar-refractivity contribution in [2.75, 3.05) is 0 Å². The van der Waals surface area contributed by atoms with E-state index in [4.69, 9.17) is 0 Å². The molecule has 2 aromatic heterocycles. The van der Waals surface area contributed by atoms with Crippen LogP contribution in [0.1, 0.15) is 11.1 Å². The van der Waals surface area contributed by atoms with E-state index < -0.39 is 5.60 Å². The average Bonchev–Trinajstić information content (AvgIpc) is 3.08. The van der Waals surface area contributed by atoms with Crippen LogP contribution in [0, 0.1) is 5.82 Å². The van der Waals surface area contributed by atoms with E-state index in [0.29, 0.717) is 12.1 Å². The highest BCUT2D eigenvalue weighted by molar-refractivity contribution is 5.51. The molecule has 0 unspecified atom stereocenters. The molecule has 23 heavy (non-hydrogen) atoms. The Labute approximate surface area is 133 Å². The van der Waals surface area contributed by atoms with Crippen LogP contribution in [-0.2, 0) is 12.1 Å². The van der Waals surface area contributed by atoms with E-state index >= 15 is 0 Å². The van der Waals surface area contributed by atoms with Crippen molar-refractivity contribution in [3.05, 3.63) is 90.5 Å². The maximum atomic E-state index is 13.0.